The lowest BCUT2D eigenvalue weighted by Crippen LogP contribution is -2.45. The number of ether oxygens (including phenoxy) is 4. The molecule has 4 fully saturated rings. The van der Waals surface area contributed by atoms with Crippen molar-refractivity contribution < 1.29 is 18.9 Å². The van der Waals surface area contributed by atoms with Crippen molar-refractivity contribution in [1.82, 2.24) is 5.32 Å². The lowest BCUT2D eigenvalue weighted by Gasteiger charge is -2.38. The topological polar surface area (TPSA) is 52.2 Å². The molecular weight excluding hydrogens is 555 g/mol. The lowest BCUT2D eigenvalue weighted by molar-refractivity contribution is -0.172. The van der Waals surface area contributed by atoms with Gasteiger partial charge in [-0.3, -0.25) is 0 Å². The third-order valence-corrected chi connectivity index (χ3v) is 7.54. The fourth-order valence-corrected chi connectivity index (χ4v) is 5.61. The lowest BCUT2D eigenvalue weighted by atomic mass is 10.0. The Labute approximate surface area is 223 Å². The highest BCUT2D eigenvalue weighted by Gasteiger charge is 2.40. The zero-order chi connectivity index (χ0) is 24.6. The molecule has 2 aromatic carbocycles. The van der Waals surface area contributed by atoms with Gasteiger partial charge in [-0.2, -0.15) is 0 Å². The van der Waals surface area contributed by atoms with E-state index in [9.17, 15) is 0 Å². The first kappa shape index (κ1) is 26.8. The average molecular weight is 595 g/mol. The van der Waals surface area contributed by atoms with E-state index in [4.69, 9.17) is 18.9 Å². The molecule has 0 unspecified atom stereocenters. The van der Waals surface area contributed by atoms with Crippen LogP contribution in [-0.4, -0.2) is 64.2 Å². The summed E-state index contributed by atoms with van der Waals surface area (Å²) in [6.07, 6.45) is 3.96. The van der Waals surface area contributed by atoms with E-state index in [0.717, 1.165) is 78.3 Å². The number of aryl methyl sites for hydroxylation is 2. The highest BCUT2D eigenvalue weighted by atomic mass is 127. The summed E-state index contributed by atoms with van der Waals surface area (Å²) < 4.78 is 23.8. The number of nitrogens with zero attached hydrogens (tertiary/aromatic N) is 1. The standard InChI is InChI=1S/C14H19NO2.C7H7I.C7H13NO2/c1-12-3-2-4-13(11-12)15-7-5-14(6-8-15)16-9-10-17-14;1-6-3-2-4-7(8)5-6;1-3-8-4-2-7(1)9-5-6-10-7/h2-4,11H,5-10H2,1H3;2-5H,1H3;8H,1-6H2. The van der Waals surface area contributed by atoms with Crippen LogP contribution in [0.4, 0.5) is 5.69 Å². The van der Waals surface area contributed by atoms with Gasteiger partial charge in [-0.15, -0.1) is 0 Å². The van der Waals surface area contributed by atoms with Crippen LogP contribution in [0.15, 0.2) is 48.5 Å². The summed E-state index contributed by atoms with van der Waals surface area (Å²) in [6.45, 7) is 11.4. The fourth-order valence-electron chi connectivity index (χ4n) is 4.91. The Balaban J connectivity index is 0.000000136. The van der Waals surface area contributed by atoms with Crippen LogP contribution in [0.2, 0.25) is 0 Å². The van der Waals surface area contributed by atoms with Crippen LogP contribution in [0.5, 0.6) is 0 Å². The maximum atomic E-state index is 5.74. The van der Waals surface area contributed by atoms with Crippen LogP contribution in [0, 0.1) is 17.4 Å². The van der Waals surface area contributed by atoms with Crippen LogP contribution >= 0.6 is 22.6 Å². The highest BCUT2D eigenvalue weighted by molar-refractivity contribution is 14.1. The van der Waals surface area contributed by atoms with Gasteiger partial charge in [-0.25, -0.2) is 0 Å². The van der Waals surface area contributed by atoms with Gasteiger partial charge in [0, 0.05) is 61.1 Å². The maximum absolute atomic E-state index is 5.74. The van der Waals surface area contributed by atoms with Gasteiger partial charge in [0.05, 0.1) is 26.4 Å². The number of piperidine rings is 2. The molecule has 35 heavy (non-hydrogen) atoms. The second-order valence-electron chi connectivity index (χ2n) is 9.59. The second kappa shape index (κ2) is 12.8. The monoisotopic (exact) mass is 594 g/mol. The maximum Gasteiger partial charge on any atom is 0.171 e. The number of nitrogens with one attached hydrogen (secondary N) is 1. The molecule has 4 heterocycles. The summed E-state index contributed by atoms with van der Waals surface area (Å²) >= 11 is 2.31. The van der Waals surface area contributed by atoms with E-state index >= 15 is 0 Å². The summed E-state index contributed by atoms with van der Waals surface area (Å²) in [7, 11) is 0. The first-order chi connectivity index (χ1) is 17.0. The van der Waals surface area contributed by atoms with E-state index in [1.165, 1.54) is 20.4 Å². The number of hydrogen-bond donors (Lipinski definition) is 1. The van der Waals surface area contributed by atoms with E-state index in [2.05, 4.69) is 95.2 Å². The quantitative estimate of drug-likeness (QED) is 0.467. The minimum Gasteiger partial charge on any atom is -0.371 e. The molecule has 192 valence electrons. The Hall–Kier alpha value is -1.23. The normalized spacial score (nSPS) is 22.3. The molecule has 2 aromatic rings. The van der Waals surface area contributed by atoms with Crippen molar-refractivity contribution in [2.75, 3.05) is 57.5 Å². The minimum absolute atomic E-state index is 0.189. The van der Waals surface area contributed by atoms with Crippen LogP contribution in [0.3, 0.4) is 0 Å². The van der Waals surface area contributed by atoms with Gasteiger partial charge in [0.15, 0.2) is 11.6 Å². The third kappa shape index (κ3) is 7.87. The Bertz CT molecular complexity index is 893. The van der Waals surface area contributed by atoms with Gasteiger partial charge in [0.2, 0.25) is 0 Å². The molecule has 7 heteroatoms. The number of benzene rings is 2. The summed E-state index contributed by atoms with van der Waals surface area (Å²) in [6, 6.07) is 17.1. The predicted octanol–water partition coefficient (Wildman–Crippen LogP) is 5.05. The zero-order valence-corrected chi connectivity index (χ0v) is 23.2. The Morgan fingerprint density at radius 3 is 1.71 bits per heavy atom. The molecule has 4 aliphatic heterocycles. The van der Waals surface area contributed by atoms with Gasteiger partial charge in [-0.1, -0.05) is 29.8 Å². The first-order valence-electron chi connectivity index (χ1n) is 12.8. The molecule has 0 saturated carbocycles. The van der Waals surface area contributed by atoms with Crippen molar-refractivity contribution in [3.63, 3.8) is 0 Å². The van der Waals surface area contributed by atoms with Crippen molar-refractivity contribution in [2.45, 2.75) is 51.1 Å². The predicted molar refractivity (Wildman–Crippen MR) is 148 cm³/mol. The molecule has 0 atom stereocenters. The van der Waals surface area contributed by atoms with Crippen molar-refractivity contribution in [1.29, 1.82) is 0 Å². The van der Waals surface area contributed by atoms with Gasteiger partial charge < -0.3 is 29.2 Å². The van der Waals surface area contributed by atoms with Crippen molar-refractivity contribution in [2.24, 2.45) is 0 Å². The minimum atomic E-state index is -0.264. The third-order valence-electron chi connectivity index (χ3n) is 6.86. The molecule has 0 amide bonds. The Morgan fingerprint density at radius 2 is 1.23 bits per heavy atom. The van der Waals surface area contributed by atoms with E-state index in [-0.39, 0.29) is 11.6 Å². The molecule has 4 aliphatic rings. The molecule has 4 saturated heterocycles. The van der Waals surface area contributed by atoms with E-state index < -0.39 is 0 Å². The van der Waals surface area contributed by atoms with Gasteiger partial charge >= 0.3 is 0 Å². The molecule has 1 N–H and O–H groups in total. The van der Waals surface area contributed by atoms with Gasteiger partial charge in [0.1, 0.15) is 0 Å². The molecule has 2 spiro atoms. The van der Waals surface area contributed by atoms with Crippen molar-refractivity contribution >= 4 is 28.3 Å². The smallest absolute Gasteiger partial charge is 0.171 e. The Kier molecular flexibility index (Phi) is 9.83. The molecule has 0 aliphatic carbocycles. The van der Waals surface area contributed by atoms with Gasteiger partial charge in [-0.05, 0) is 66.3 Å². The second-order valence-corrected chi connectivity index (χ2v) is 10.8. The SMILES string of the molecule is C1CC2(CCN1)OCCO2.Cc1cccc(I)c1.Cc1cccc(N2CCC3(CC2)OCCO3)c1. The summed E-state index contributed by atoms with van der Waals surface area (Å²) in [4.78, 5) is 2.42. The summed E-state index contributed by atoms with van der Waals surface area (Å²) in [5.74, 6) is -0.453. The largest absolute Gasteiger partial charge is 0.371 e. The number of rotatable bonds is 1. The van der Waals surface area contributed by atoms with E-state index in [0.29, 0.717) is 0 Å². The highest BCUT2D eigenvalue weighted by Crippen LogP contribution is 2.33. The molecule has 6 nitrogen and oxygen atoms in total. The fraction of sp³-hybridized carbons (Fsp3) is 0.571. The van der Waals surface area contributed by atoms with E-state index in [1.54, 1.807) is 0 Å². The first-order valence-corrected chi connectivity index (χ1v) is 13.9. The number of anilines is 1. The van der Waals surface area contributed by atoms with Crippen LogP contribution in [0.1, 0.15) is 36.8 Å². The summed E-state index contributed by atoms with van der Waals surface area (Å²) in [5, 5.41) is 3.28. The molecule has 0 radical (unpaired) electrons. The van der Waals surface area contributed by atoms with Gasteiger partial charge in [0.25, 0.3) is 0 Å². The van der Waals surface area contributed by atoms with E-state index in [1.807, 2.05) is 0 Å². The van der Waals surface area contributed by atoms with Crippen molar-refractivity contribution in [3.8, 4) is 0 Å². The zero-order valence-electron chi connectivity index (χ0n) is 21.1. The van der Waals surface area contributed by atoms with Crippen LogP contribution in [-0.2, 0) is 18.9 Å². The average Bonchev–Trinajstić information content (AvgIpc) is 3.51. The van der Waals surface area contributed by atoms with Crippen molar-refractivity contribution in [3.05, 3.63) is 63.2 Å². The van der Waals surface area contributed by atoms with Crippen LogP contribution in [0.25, 0.3) is 0 Å². The summed E-state index contributed by atoms with van der Waals surface area (Å²) in [5.41, 5.74) is 3.96. The molecule has 0 bridgehead atoms. The molecule has 0 aromatic heterocycles. The molecular formula is C28H39IN2O4. The molecule has 6 rings (SSSR count). The Morgan fingerprint density at radius 1 is 0.714 bits per heavy atom. The number of halogens is 1. The van der Waals surface area contributed by atoms with Crippen LogP contribution < -0.4 is 10.2 Å². The number of hydrogen-bond acceptors (Lipinski definition) is 6.